The topological polar surface area (TPSA) is 61.8 Å². The highest BCUT2D eigenvalue weighted by Gasteiger charge is 2.39. The lowest BCUT2D eigenvalue weighted by atomic mass is 9.69. The van der Waals surface area contributed by atoms with Crippen molar-refractivity contribution in [1.29, 1.82) is 0 Å². The molecule has 1 spiro atoms. The third-order valence-electron chi connectivity index (χ3n) is 7.73. The van der Waals surface area contributed by atoms with E-state index in [9.17, 15) is 18.0 Å². The van der Waals surface area contributed by atoms with Crippen molar-refractivity contribution in [1.82, 2.24) is 14.9 Å². The molecular weight excluding hydrogens is 447 g/mol. The van der Waals surface area contributed by atoms with Crippen molar-refractivity contribution in [3.8, 4) is 0 Å². The number of alkyl halides is 3. The average Bonchev–Trinajstić information content (AvgIpc) is 2.83. The van der Waals surface area contributed by atoms with Gasteiger partial charge in [-0.1, -0.05) is 19.3 Å². The molecule has 0 aromatic carbocycles. The molecule has 7 nitrogen and oxygen atoms in total. The molecule has 3 aliphatic rings. The van der Waals surface area contributed by atoms with E-state index in [1.807, 2.05) is 4.90 Å². The Morgan fingerprint density at radius 2 is 1.88 bits per heavy atom. The van der Waals surface area contributed by atoms with Crippen molar-refractivity contribution in [3.05, 3.63) is 11.9 Å². The number of nitrogens with zero attached hydrogens (tertiary/aromatic N) is 5. The molecule has 1 amide bonds. The molecule has 3 heterocycles. The first-order chi connectivity index (χ1) is 16.2. The molecule has 34 heavy (non-hydrogen) atoms. The third-order valence-corrected chi connectivity index (χ3v) is 7.73. The summed E-state index contributed by atoms with van der Waals surface area (Å²) in [6, 6.07) is 1.71. The summed E-state index contributed by atoms with van der Waals surface area (Å²) < 4.78 is 46.1. The van der Waals surface area contributed by atoms with E-state index in [1.165, 1.54) is 26.4 Å². The standard InChI is InChI=1S/C24H36F3N5O2/c1-30(15-18-8-6-12-31(16-18)22(33)34-2)19-14-20(29-21(28-19)24(25,26)27)32-13-7-11-23(17-32)9-4-3-5-10-23/h14,18H,3-13,15-17H2,1-2H3. The summed E-state index contributed by atoms with van der Waals surface area (Å²) in [6.45, 7) is 3.15. The Labute approximate surface area is 199 Å². The number of rotatable bonds is 4. The maximum Gasteiger partial charge on any atom is 0.451 e. The van der Waals surface area contributed by atoms with Crippen LogP contribution in [-0.4, -0.2) is 67.8 Å². The van der Waals surface area contributed by atoms with E-state index in [4.69, 9.17) is 4.74 Å². The molecule has 10 heteroatoms. The van der Waals surface area contributed by atoms with Gasteiger partial charge in [-0.3, -0.25) is 0 Å². The Bertz CT molecular complexity index is 854. The van der Waals surface area contributed by atoms with Crippen molar-refractivity contribution in [2.45, 2.75) is 64.0 Å². The van der Waals surface area contributed by atoms with Gasteiger partial charge in [0.1, 0.15) is 11.6 Å². The van der Waals surface area contributed by atoms with Gasteiger partial charge >= 0.3 is 12.3 Å². The summed E-state index contributed by atoms with van der Waals surface area (Å²) in [5, 5.41) is 0. The predicted octanol–water partition coefficient (Wildman–Crippen LogP) is 4.96. The normalized spacial score (nSPS) is 23.1. The van der Waals surface area contributed by atoms with E-state index < -0.39 is 12.0 Å². The first-order valence-corrected chi connectivity index (χ1v) is 12.4. The highest BCUT2D eigenvalue weighted by Crippen LogP contribution is 2.44. The molecule has 1 saturated carbocycles. The minimum absolute atomic E-state index is 0.131. The van der Waals surface area contributed by atoms with E-state index in [0.717, 1.165) is 51.6 Å². The molecule has 1 aromatic rings. The second-order valence-electron chi connectivity index (χ2n) is 10.3. The minimum atomic E-state index is -4.61. The summed E-state index contributed by atoms with van der Waals surface area (Å²) in [6.07, 6.45) is 4.81. The fourth-order valence-corrected chi connectivity index (χ4v) is 6.01. The van der Waals surface area contributed by atoms with Gasteiger partial charge in [-0.2, -0.15) is 13.2 Å². The second-order valence-corrected chi connectivity index (χ2v) is 10.3. The monoisotopic (exact) mass is 483 g/mol. The zero-order valence-electron chi connectivity index (χ0n) is 20.2. The number of methoxy groups -OCH3 is 1. The molecule has 1 aliphatic carbocycles. The molecule has 1 atom stereocenters. The largest absolute Gasteiger partial charge is 0.453 e. The van der Waals surface area contributed by atoms with E-state index in [-0.39, 0.29) is 23.2 Å². The van der Waals surface area contributed by atoms with E-state index in [1.54, 1.807) is 22.9 Å². The first kappa shape index (κ1) is 24.9. The Kier molecular flexibility index (Phi) is 7.42. The van der Waals surface area contributed by atoms with Crippen LogP contribution in [0.15, 0.2) is 6.07 Å². The number of likely N-dealkylation sites (tertiary alicyclic amines) is 1. The van der Waals surface area contributed by atoms with Crippen LogP contribution in [-0.2, 0) is 10.9 Å². The molecule has 1 aromatic heterocycles. The van der Waals surface area contributed by atoms with Gasteiger partial charge in [0.15, 0.2) is 0 Å². The van der Waals surface area contributed by atoms with Crippen LogP contribution in [0.3, 0.4) is 0 Å². The van der Waals surface area contributed by atoms with Crippen molar-refractivity contribution >= 4 is 17.7 Å². The van der Waals surface area contributed by atoms with Crippen LogP contribution >= 0.6 is 0 Å². The van der Waals surface area contributed by atoms with Crippen LogP contribution in [0.1, 0.15) is 63.6 Å². The molecular formula is C24H36F3N5O2. The molecule has 0 radical (unpaired) electrons. The summed E-state index contributed by atoms with van der Waals surface area (Å²) >= 11 is 0. The Balaban J connectivity index is 1.54. The lowest BCUT2D eigenvalue weighted by molar-refractivity contribution is -0.144. The molecule has 2 saturated heterocycles. The van der Waals surface area contributed by atoms with Crippen LogP contribution in [0, 0.1) is 11.3 Å². The number of halogens is 3. The third kappa shape index (κ3) is 5.68. The van der Waals surface area contributed by atoms with Crippen molar-refractivity contribution < 1.29 is 22.7 Å². The van der Waals surface area contributed by atoms with Crippen LogP contribution in [0.4, 0.5) is 29.6 Å². The molecule has 4 rings (SSSR count). The van der Waals surface area contributed by atoms with Gasteiger partial charge in [0.05, 0.1) is 7.11 Å². The van der Waals surface area contributed by atoms with Gasteiger partial charge < -0.3 is 19.4 Å². The number of carbonyl (C=O) groups is 1. The number of carbonyl (C=O) groups excluding carboxylic acids is 1. The highest BCUT2D eigenvalue weighted by molar-refractivity contribution is 5.67. The Morgan fingerprint density at radius 3 is 2.59 bits per heavy atom. The van der Waals surface area contributed by atoms with Gasteiger partial charge in [-0.05, 0) is 49.9 Å². The Hall–Kier alpha value is -2.26. The maximum atomic E-state index is 13.7. The zero-order valence-corrected chi connectivity index (χ0v) is 20.2. The smallest absolute Gasteiger partial charge is 0.451 e. The molecule has 3 fully saturated rings. The molecule has 190 valence electrons. The van der Waals surface area contributed by atoms with E-state index in [0.29, 0.717) is 25.5 Å². The summed E-state index contributed by atoms with van der Waals surface area (Å²) in [5.74, 6) is -0.314. The molecule has 2 aliphatic heterocycles. The number of ether oxygens (including phenoxy) is 1. The van der Waals surface area contributed by atoms with Crippen LogP contribution in [0.2, 0.25) is 0 Å². The molecule has 0 bridgehead atoms. The van der Waals surface area contributed by atoms with Gasteiger partial charge in [0.2, 0.25) is 5.82 Å². The van der Waals surface area contributed by atoms with Crippen molar-refractivity contribution in [2.75, 3.05) is 56.7 Å². The number of amides is 1. The van der Waals surface area contributed by atoms with E-state index >= 15 is 0 Å². The number of anilines is 2. The number of aromatic nitrogens is 2. The van der Waals surface area contributed by atoms with E-state index in [2.05, 4.69) is 9.97 Å². The fraction of sp³-hybridized carbons (Fsp3) is 0.792. The minimum Gasteiger partial charge on any atom is -0.453 e. The van der Waals surface area contributed by atoms with Crippen molar-refractivity contribution in [2.24, 2.45) is 11.3 Å². The number of hydrogen-bond acceptors (Lipinski definition) is 6. The lowest BCUT2D eigenvalue weighted by Crippen LogP contribution is -2.45. The SMILES string of the molecule is COC(=O)N1CCCC(CN(C)c2cc(N3CCCC4(CCCCC4)C3)nc(C(F)(F)F)n2)C1. The maximum absolute atomic E-state index is 13.7. The average molecular weight is 484 g/mol. The quantitative estimate of drug-likeness (QED) is 0.603. The van der Waals surface area contributed by atoms with Gasteiger partial charge in [-0.15, -0.1) is 0 Å². The summed E-state index contributed by atoms with van der Waals surface area (Å²) in [7, 11) is 3.12. The van der Waals surface area contributed by atoms with Crippen LogP contribution < -0.4 is 9.80 Å². The molecule has 1 unspecified atom stereocenters. The lowest BCUT2D eigenvalue weighted by Gasteiger charge is -2.46. The van der Waals surface area contributed by atoms with Gasteiger partial charge in [0, 0.05) is 45.8 Å². The van der Waals surface area contributed by atoms with Gasteiger partial charge in [0.25, 0.3) is 0 Å². The highest BCUT2D eigenvalue weighted by atomic mass is 19.4. The summed E-state index contributed by atoms with van der Waals surface area (Å²) in [5.41, 5.74) is 0.200. The van der Waals surface area contributed by atoms with Gasteiger partial charge in [-0.25, -0.2) is 14.8 Å². The summed E-state index contributed by atoms with van der Waals surface area (Å²) in [4.78, 5) is 25.3. The fourth-order valence-electron chi connectivity index (χ4n) is 6.01. The zero-order chi connectivity index (χ0) is 24.3. The van der Waals surface area contributed by atoms with Crippen LogP contribution in [0.25, 0.3) is 0 Å². The second kappa shape index (κ2) is 10.2. The predicted molar refractivity (Wildman–Crippen MR) is 124 cm³/mol. The van der Waals surface area contributed by atoms with Crippen LogP contribution in [0.5, 0.6) is 0 Å². The Morgan fingerprint density at radius 1 is 1.15 bits per heavy atom. The molecule has 0 N–H and O–H groups in total. The first-order valence-electron chi connectivity index (χ1n) is 12.4. The van der Waals surface area contributed by atoms with Crippen molar-refractivity contribution in [3.63, 3.8) is 0 Å². The number of hydrogen-bond donors (Lipinski definition) is 0. The number of piperidine rings is 2.